The number of carbonyl (C=O) groups is 1. The lowest BCUT2D eigenvalue weighted by Crippen LogP contribution is -2.17. The van der Waals surface area contributed by atoms with E-state index >= 15 is 0 Å². The van der Waals surface area contributed by atoms with Gasteiger partial charge >= 0.3 is 0 Å². The SMILES string of the molecule is Cn1ccc2c(NC(=O)c3cc4cc(F)ccc4n3Cc3cccc(F)c3)cccc21. The van der Waals surface area contributed by atoms with E-state index in [1.807, 2.05) is 42.1 Å². The molecule has 1 amide bonds. The number of fused-ring (bicyclic) bond motifs is 2. The topological polar surface area (TPSA) is 39.0 Å². The molecule has 1 N–H and O–H groups in total. The molecule has 0 radical (unpaired) electrons. The average Bonchev–Trinajstić information content (AvgIpc) is 3.29. The molecule has 0 aliphatic rings. The van der Waals surface area contributed by atoms with Crippen LogP contribution in [0.4, 0.5) is 14.5 Å². The molecule has 0 fully saturated rings. The van der Waals surface area contributed by atoms with Crippen molar-refractivity contribution in [3.05, 3.63) is 102 Å². The highest BCUT2D eigenvalue weighted by atomic mass is 19.1. The van der Waals surface area contributed by atoms with E-state index in [0.717, 1.165) is 10.9 Å². The molecule has 0 saturated carbocycles. The third-order valence-corrected chi connectivity index (χ3v) is 5.50. The lowest BCUT2D eigenvalue weighted by atomic mass is 10.2. The summed E-state index contributed by atoms with van der Waals surface area (Å²) in [4.78, 5) is 13.3. The zero-order valence-electron chi connectivity index (χ0n) is 16.8. The summed E-state index contributed by atoms with van der Waals surface area (Å²) in [5, 5.41) is 4.53. The van der Waals surface area contributed by atoms with Crippen molar-refractivity contribution >= 4 is 33.4 Å². The molecule has 3 aromatic carbocycles. The van der Waals surface area contributed by atoms with Gasteiger partial charge < -0.3 is 14.5 Å². The predicted octanol–water partition coefficient (Wildman–Crippen LogP) is 5.71. The summed E-state index contributed by atoms with van der Waals surface area (Å²) in [6.45, 7) is 0.283. The Kier molecular flexibility index (Phi) is 4.55. The second kappa shape index (κ2) is 7.40. The van der Waals surface area contributed by atoms with Gasteiger partial charge in [-0.3, -0.25) is 4.79 Å². The van der Waals surface area contributed by atoms with Crippen LogP contribution in [0.3, 0.4) is 0 Å². The number of carbonyl (C=O) groups excluding carboxylic acids is 1. The van der Waals surface area contributed by atoms with Crippen molar-refractivity contribution in [1.82, 2.24) is 9.13 Å². The van der Waals surface area contributed by atoms with Gasteiger partial charge in [0, 0.05) is 41.6 Å². The van der Waals surface area contributed by atoms with Gasteiger partial charge in [-0.15, -0.1) is 0 Å². The predicted molar refractivity (Wildman–Crippen MR) is 118 cm³/mol. The number of rotatable bonds is 4. The van der Waals surface area contributed by atoms with Crippen LogP contribution in [0.15, 0.2) is 79.0 Å². The van der Waals surface area contributed by atoms with Crippen molar-refractivity contribution in [3.63, 3.8) is 0 Å². The zero-order valence-corrected chi connectivity index (χ0v) is 16.8. The molecule has 5 rings (SSSR count). The van der Waals surface area contributed by atoms with Gasteiger partial charge in [0.1, 0.15) is 17.3 Å². The number of nitrogens with one attached hydrogen (secondary N) is 1. The minimum absolute atomic E-state index is 0.283. The van der Waals surface area contributed by atoms with Crippen LogP contribution in [0, 0.1) is 11.6 Å². The summed E-state index contributed by atoms with van der Waals surface area (Å²) in [7, 11) is 1.94. The van der Waals surface area contributed by atoms with Crippen LogP contribution in [-0.4, -0.2) is 15.0 Å². The van der Waals surface area contributed by atoms with Crippen LogP contribution in [0.1, 0.15) is 16.1 Å². The Balaban J connectivity index is 1.58. The van der Waals surface area contributed by atoms with Crippen molar-refractivity contribution in [1.29, 1.82) is 0 Å². The number of benzene rings is 3. The van der Waals surface area contributed by atoms with Crippen molar-refractivity contribution in [2.24, 2.45) is 7.05 Å². The first-order valence-electron chi connectivity index (χ1n) is 9.88. The lowest BCUT2D eigenvalue weighted by Gasteiger charge is -2.12. The number of nitrogens with zero attached hydrogens (tertiary/aromatic N) is 2. The monoisotopic (exact) mass is 415 g/mol. The number of amides is 1. The van der Waals surface area contributed by atoms with E-state index < -0.39 is 0 Å². The first-order chi connectivity index (χ1) is 15.0. The first-order valence-corrected chi connectivity index (χ1v) is 9.88. The van der Waals surface area contributed by atoms with Gasteiger partial charge in [-0.1, -0.05) is 18.2 Å². The molecule has 0 saturated heterocycles. The Labute approximate surface area is 177 Å². The first kappa shape index (κ1) is 19.1. The number of anilines is 1. The molecule has 0 atom stereocenters. The van der Waals surface area contributed by atoms with Crippen LogP contribution >= 0.6 is 0 Å². The van der Waals surface area contributed by atoms with Crippen molar-refractivity contribution in [3.8, 4) is 0 Å². The Morgan fingerprint density at radius 1 is 0.903 bits per heavy atom. The maximum atomic E-state index is 13.8. The molecule has 31 heavy (non-hydrogen) atoms. The van der Waals surface area contributed by atoms with E-state index in [4.69, 9.17) is 0 Å². The second-order valence-electron chi connectivity index (χ2n) is 7.57. The van der Waals surface area contributed by atoms with E-state index in [1.165, 1.54) is 24.3 Å². The number of aryl methyl sites for hydroxylation is 1. The molecule has 2 heterocycles. The van der Waals surface area contributed by atoms with E-state index in [9.17, 15) is 13.6 Å². The minimum atomic E-state index is -0.378. The van der Waals surface area contributed by atoms with Gasteiger partial charge in [-0.25, -0.2) is 8.78 Å². The fourth-order valence-corrected chi connectivity index (χ4v) is 4.02. The summed E-state index contributed by atoms with van der Waals surface area (Å²) in [6.07, 6.45) is 1.93. The molecule has 2 aromatic heterocycles. The Hall–Kier alpha value is -3.93. The molecule has 0 aliphatic heterocycles. The smallest absolute Gasteiger partial charge is 0.272 e. The highest BCUT2D eigenvalue weighted by Crippen LogP contribution is 2.27. The molecule has 0 unspecified atom stereocenters. The molecule has 0 bridgehead atoms. The van der Waals surface area contributed by atoms with Crippen LogP contribution in [-0.2, 0) is 13.6 Å². The Morgan fingerprint density at radius 2 is 1.71 bits per heavy atom. The highest BCUT2D eigenvalue weighted by molar-refractivity contribution is 6.10. The molecule has 4 nitrogen and oxygen atoms in total. The van der Waals surface area contributed by atoms with Crippen LogP contribution in [0.5, 0.6) is 0 Å². The van der Waals surface area contributed by atoms with Crippen molar-refractivity contribution in [2.45, 2.75) is 6.54 Å². The molecule has 0 aliphatic carbocycles. The Bertz CT molecular complexity index is 1450. The normalized spacial score (nSPS) is 11.3. The van der Waals surface area contributed by atoms with Crippen LogP contribution < -0.4 is 5.32 Å². The third kappa shape index (κ3) is 3.46. The van der Waals surface area contributed by atoms with E-state index in [0.29, 0.717) is 27.8 Å². The lowest BCUT2D eigenvalue weighted by molar-refractivity contribution is 0.101. The van der Waals surface area contributed by atoms with Gasteiger partial charge in [-0.05, 0) is 60.2 Å². The Morgan fingerprint density at radius 3 is 2.55 bits per heavy atom. The number of halogens is 2. The van der Waals surface area contributed by atoms with Crippen LogP contribution in [0.25, 0.3) is 21.8 Å². The maximum absolute atomic E-state index is 13.8. The fourth-order valence-electron chi connectivity index (χ4n) is 4.02. The molecule has 6 heteroatoms. The van der Waals surface area contributed by atoms with E-state index in [2.05, 4.69) is 5.32 Å². The number of hydrogen-bond acceptors (Lipinski definition) is 1. The van der Waals surface area contributed by atoms with Crippen molar-refractivity contribution < 1.29 is 13.6 Å². The van der Waals surface area contributed by atoms with Gasteiger partial charge in [0.05, 0.1) is 5.69 Å². The van der Waals surface area contributed by atoms with Crippen molar-refractivity contribution in [2.75, 3.05) is 5.32 Å². The van der Waals surface area contributed by atoms with Gasteiger partial charge in [0.25, 0.3) is 5.91 Å². The van der Waals surface area contributed by atoms with E-state index in [-0.39, 0.29) is 24.1 Å². The summed E-state index contributed by atoms with van der Waals surface area (Å²) in [5.74, 6) is -1.04. The zero-order chi connectivity index (χ0) is 21.5. The molecule has 5 aromatic rings. The molecular weight excluding hydrogens is 396 g/mol. The molecular formula is C25H19F2N3O. The number of hydrogen-bond donors (Lipinski definition) is 1. The highest BCUT2D eigenvalue weighted by Gasteiger charge is 2.18. The van der Waals surface area contributed by atoms with E-state index in [1.54, 1.807) is 28.8 Å². The van der Waals surface area contributed by atoms with Gasteiger partial charge in [-0.2, -0.15) is 0 Å². The molecule has 0 spiro atoms. The van der Waals surface area contributed by atoms with Crippen LogP contribution in [0.2, 0.25) is 0 Å². The largest absolute Gasteiger partial charge is 0.350 e. The number of aromatic nitrogens is 2. The third-order valence-electron chi connectivity index (χ3n) is 5.50. The standard InChI is InChI=1S/C25H19F2N3O/c1-29-11-10-20-21(6-3-7-23(20)29)28-25(31)24-14-17-13-19(27)8-9-22(17)30(24)15-16-4-2-5-18(26)12-16/h2-14H,15H2,1H3,(H,28,31). The molecule has 154 valence electrons. The second-order valence-corrected chi connectivity index (χ2v) is 7.57. The maximum Gasteiger partial charge on any atom is 0.272 e. The van der Waals surface area contributed by atoms with Gasteiger partial charge in [0.2, 0.25) is 0 Å². The average molecular weight is 415 g/mol. The summed E-state index contributed by atoms with van der Waals surface area (Å²) in [6, 6.07) is 19.9. The van der Waals surface area contributed by atoms with Gasteiger partial charge in [0.15, 0.2) is 0 Å². The summed E-state index contributed by atoms with van der Waals surface area (Å²) < 4.78 is 31.3. The summed E-state index contributed by atoms with van der Waals surface area (Å²) >= 11 is 0. The minimum Gasteiger partial charge on any atom is -0.350 e. The summed E-state index contributed by atoms with van der Waals surface area (Å²) in [5.41, 5.74) is 3.48. The quantitative estimate of drug-likeness (QED) is 0.401. The fraction of sp³-hybridized carbons (Fsp3) is 0.0800.